The summed E-state index contributed by atoms with van der Waals surface area (Å²) in [4.78, 5) is 4.46. The Labute approximate surface area is 98.0 Å². The van der Waals surface area contributed by atoms with Crippen LogP contribution in [0.25, 0.3) is 11.6 Å². The molecule has 0 saturated heterocycles. The molecule has 84 valence electrons. The summed E-state index contributed by atoms with van der Waals surface area (Å²) in [6.45, 7) is 0. The fraction of sp³-hybridized carbons (Fsp3) is 0.455. The van der Waals surface area contributed by atoms with Gasteiger partial charge in [-0.2, -0.15) is 5.10 Å². The van der Waals surface area contributed by atoms with Crippen LogP contribution in [0.5, 0.6) is 0 Å². The van der Waals surface area contributed by atoms with E-state index in [1.807, 2.05) is 0 Å². The van der Waals surface area contributed by atoms with Gasteiger partial charge in [0.25, 0.3) is 0 Å². The van der Waals surface area contributed by atoms with E-state index < -0.39 is 0 Å². The van der Waals surface area contributed by atoms with Crippen molar-refractivity contribution in [2.45, 2.75) is 31.6 Å². The van der Waals surface area contributed by atoms with Gasteiger partial charge in [0, 0.05) is 5.92 Å². The molecule has 1 N–H and O–H groups in total. The Morgan fingerprint density at radius 2 is 2.12 bits per heavy atom. The van der Waals surface area contributed by atoms with Gasteiger partial charge in [-0.1, -0.05) is 12.8 Å². The van der Waals surface area contributed by atoms with Crippen LogP contribution < -0.4 is 0 Å². The van der Waals surface area contributed by atoms with Crippen molar-refractivity contribution in [2.75, 3.05) is 0 Å². The quantitative estimate of drug-likeness (QED) is 0.871. The molecule has 0 unspecified atom stereocenters. The molecule has 0 spiro atoms. The molecule has 0 atom stereocenters. The maximum absolute atomic E-state index is 5.71. The predicted molar refractivity (Wildman–Crippen MR) is 60.3 cm³/mol. The SMILES string of the molecule is Clc1ccc(-c2n[nH]c(C3CCCC3)n2)o1. The first-order valence-corrected chi connectivity index (χ1v) is 5.89. The van der Waals surface area contributed by atoms with Gasteiger partial charge in [-0.3, -0.25) is 5.10 Å². The van der Waals surface area contributed by atoms with Gasteiger partial charge in [0.1, 0.15) is 5.82 Å². The second-order valence-electron chi connectivity index (χ2n) is 4.13. The number of H-pyrrole nitrogens is 1. The minimum atomic E-state index is 0.363. The minimum Gasteiger partial charge on any atom is -0.441 e. The van der Waals surface area contributed by atoms with Crippen LogP contribution in [-0.4, -0.2) is 15.2 Å². The van der Waals surface area contributed by atoms with Gasteiger partial charge in [0.05, 0.1) is 0 Å². The number of furan rings is 1. The fourth-order valence-corrected chi connectivity index (χ4v) is 2.35. The molecule has 2 heterocycles. The summed E-state index contributed by atoms with van der Waals surface area (Å²) in [5, 5.41) is 7.51. The highest BCUT2D eigenvalue weighted by Gasteiger charge is 2.21. The molecular formula is C11H12ClN3O. The average molecular weight is 238 g/mol. The van der Waals surface area contributed by atoms with Gasteiger partial charge in [-0.15, -0.1) is 0 Å². The summed E-state index contributed by atoms with van der Waals surface area (Å²) in [6.07, 6.45) is 4.97. The maximum atomic E-state index is 5.71. The highest BCUT2D eigenvalue weighted by Crippen LogP contribution is 2.33. The Bertz CT molecular complexity index is 485. The van der Waals surface area contributed by atoms with E-state index in [9.17, 15) is 0 Å². The van der Waals surface area contributed by atoms with Crippen molar-refractivity contribution >= 4 is 11.6 Å². The van der Waals surface area contributed by atoms with Gasteiger partial charge in [-0.25, -0.2) is 4.98 Å². The predicted octanol–water partition coefficient (Wildman–Crippen LogP) is 3.38. The van der Waals surface area contributed by atoms with E-state index >= 15 is 0 Å². The zero-order valence-electron chi connectivity index (χ0n) is 8.74. The Morgan fingerprint density at radius 1 is 1.31 bits per heavy atom. The molecule has 0 aliphatic heterocycles. The van der Waals surface area contributed by atoms with Crippen LogP contribution in [0, 0.1) is 0 Å². The van der Waals surface area contributed by atoms with Gasteiger partial charge >= 0.3 is 0 Å². The average Bonchev–Trinajstić information content (AvgIpc) is 2.97. The molecule has 1 fully saturated rings. The molecule has 1 aliphatic carbocycles. The van der Waals surface area contributed by atoms with Crippen LogP contribution in [0.15, 0.2) is 16.5 Å². The molecule has 4 nitrogen and oxygen atoms in total. The van der Waals surface area contributed by atoms with Crippen LogP contribution in [0.1, 0.15) is 37.4 Å². The molecule has 16 heavy (non-hydrogen) atoms. The van der Waals surface area contributed by atoms with Crippen molar-refractivity contribution in [2.24, 2.45) is 0 Å². The lowest BCUT2D eigenvalue weighted by molar-refractivity contribution is 0.579. The molecule has 0 aromatic carbocycles. The Morgan fingerprint density at radius 3 is 2.81 bits per heavy atom. The second-order valence-corrected chi connectivity index (χ2v) is 4.50. The summed E-state index contributed by atoms with van der Waals surface area (Å²) in [7, 11) is 0. The lowest BCUT2D eigenvalue weighted by Crippen LogP contribution is -1.94. The number of aromatic amines is 1. The van der Waals surface area contributed by atoms with E-state index in [0.717, 1.165) is 5.82 Å². The van der Waals surface area contributed by atoms with Crippen LogP contribution in [0.4, 0.5) is 0 Å². The lowest BCUT2D eigenvalue weighted by Gasteiger charge is -2.01. The third-order valence-electron chi connectivity index (χ3n) is 3.04. The minimum absolute atomic E-state index is 0.363. The van der Waals surface area contributed by atoms with E-state index in [1.165, 1.54) is 25.7 Å². The van der Waals surface area contributed by atoms with E-state index in [-0.39, 0.29) is 0 Å². The molecule has 5 heteroatoms. The van der Waals surface area contributed by atoms with Crippen molar-refractivity contribution < 1.29 is 4.42 Å². The third kappa shape index (κ3) is 1.73. The summed E-state index contributed by atoms with van der Waals surface area (Å²) >= 11 is 5.71. The van der Waals surface area contributed by atoms with Gasteiger partial charge in [-0.05, 0) is 36.6 Å². The number of nitrogens with one attached hydrogen (secondary N) is 1. The van der Waals surface area contributed by atoms with E-state index in [1.54, 1.807) is 12.1 Å². The molecule has 1 aliphatic rings. The number of aromatic nitrogens is 3. The van der Waals surface area contributed by atoms with Gasteiger partial charge in [0.2, 0.25) is 5.82 Å². The smallest absolute Gasteiger partial charge is 0.217 e. The van der Waals surface area contributed by atoms with Crippen molar-refractivity contribution in [1.29, 1.82) is 0 Å². The summed E-state index contributed by atoms with van der Waals surface area (Å²) < 4.78 is 5.27. The first-order valence-electron chi connectivity index (χ1n) is 5.51. The van der Waals surface area contributed by atoms with Crippen molar-refractivity contribution in [3.63, 3.8) is 0 Å². The van der Waals surface area contributed by atoms with E-state index in [0.29, 0.717) is 22.7 Å². The van der Waals surface area contributed by atoms with Crippen LogP contribution >= 0.6 is 11.6 Å². The lowest BCUT2D eigenvalue weighted by atomic mass is 10.1. The van der Waals surface area contributed by atoms with Crippen molar-refractivity contribution in [3.05, 3.63) is 23.2 Å². The van der Waals surface area contributed by atoms with Gasteiger partial charge < -0.3 is 4.42 Å². The number of nitrogens with zero attached hydrogens (tertiary/aromatic N) is 2. The normalized spacial score (nSPS) is 17.1. The molecule has 2 aromatic heterocycles. The summed E-state index contributed by atoms with van der Waals surface area (Å²) in [6, 6.07) is 3.48. The maximum Gasteiger partial charge on any atom is 0.217 e. The van der Waals surface area contributed by atoms with Crippen molar-refractivity contribution in [1.82, 2.24) is 15.2 Å². The first kappa shape index (κ1) is 9.90. The zero-order chi connectivity index (χ0) is 11.0. The Balaban J connectivity index is 1.87. The topological polar surface area (TPSA) is 54.7 Å². The van der Waals surface area contributed by atoms with Crippen LogP contribution in [-0.2, 0) is 0 Å². The number of rotatable bonds is 2. The Hall–Kier alpha value is -1.29. The molecule has 1 saturated carbocycles. The number of hydrogen-bond acceptors (Lipinski definition) is 3. The molecular weight excluding hydrogens is 226 g/mol. The highest BCUT2D eigenvalue weighted by molar-refractivity contribution is 6.28. The molecule has 2 aromatic rings. The van der Waals surface area contributed by atoms with Crippen LogP contribution in [0.2, 0.25) is 5.22 Å². The largest absolute Gasteiger partial charge is 0.441 e. The molecule has 0 amide bonds. The van der Waals surface area contributed by atoms with Crippen LogP contribution in [0.3, 0.4) is 0 Å². The second kappa shape index (κ2) is 3.94. The Kier molecular flexibility index (Phi) is 2.44. The van der Waals surface area contributed by atoms with E-state index in [2.05, 4.69) is 15.2 Å². The van der Waals surface area contributed by atoms with Gasteiger partial charge in [0.15, 0.2) is 11.0 Å². The summed E-state index contributed by atoms with van der Waals surface area (Å²) in [5.41, 5.74) is 0. The number of halogens is 1. The monoisotopic (exact) mass is 237 g/mol. The number of hydrogen-bond donors (Lipinski definition) is 1. The summed E-state index contributed by atoms with van der Waals surface area (Å²) in [5.74, 6) is 2.71. The zero-order valence-corrected chi connectivity index (χ0v) is 9.50. The third-order valence-corrected chi connectivity index (χ3v) is 3.24. The fourth-order valence-electron chi connectivity index (χ4n) is 2.20. The van der Waals surface area contributed by atoms with Crippen molar-refractivity contribution in [3.8, 4) is 11.6 Å². The molecule has 0 radical (unpaired) electrons. The standard InChI is InChI=1S/C11H12ClN3O/c12-9-6-5-8(16-9)11-13-10(14-15-11)7-3-1-2-4-7/h5-7H,1-4H2,(H,13,14,15). The van der Waals surface area contributed by atoms with E-state index in [4.69, 9.17) is 16.0 Å². The molecule has 0 bridgehead atoms. The highest BCUT2D eigenvalue weighted by atomic mass is 35.5. The molecule has 3 rings (SSSR count). The first-order chi connectivity index (χ1) is 7.83.